The third kappa shape index (κ3) is 6.49. The summed E-state index contributed by atoms with van der Waals surface area (Å²) in [5.41, 5.74) is 1.09. The summed E-state index contributed by atoms with van der Waals surface area (Å²) in [5.74, 6) is 0.156. The van der Waals surface area contributed by atoms with Gasteiger partial charge in [-0.15, -0.1) is 12.4 Å². The lowest BCUT2D eigenvalue weighted by Gasteiger charge is -2.32. The van der Waals surface area contributed by atoms with Crippen molar-refractivity contribution in [2.75, 3.05) is 19.6 Å². The fourth-order valence-corrected chi connectivity index (χ4v) is 2.74. The van der Waals surface area contributed by atoms with E-state index in [4.69, 9.17) is 0 Å². The van der Waals surface area contributed by atoms with Gasteiger partial charge in [-0.05, 0) is 31.4 Å². The first-order valence-corrected chi connectivity index (χ1v) is 7.83. The third-order valence-corrected chi connectivity index (χ3v) is 3.99. The maximum atomic E-state index is 12.0. The predicted octanol–water partition coefficient (Wildman–Crippen LogP) is 3.03. The Balaban J connectivity index is 0.00000220. The molecule has 21 heavy (non-hydrogen) atoms. The Kier molecular flexibility index (Phi) is 8.40. The first-order chi connectivity index (χ1) is 9.78. The van der Waals surface area contributed by atoms with Gasteiger partial charge in [0.15, 0.2) is 0 Å². The lowest BCUT2D eigenvalue weighted by Crippen LogP contribution is -2.45. The van der Waals surface area contributed by atoms with Crippen molar-refractivity contribution in [3.63, 3.8) is 0 Å². The molecule has 4 heteroatoms. The number of rotatable bonds is 6. The molecule has 2 rings (SSSR count). The number of likely N-dealkylation sites (tertiary alicyclic amines) is 1. The highest BCUT2D eigenvalue weighted by Gasteiger charge is 2.20. The minimum absolute atomic E-state index is 0. The van der Waals surface area contributed by atoms with Crippen molar-refractivity contribution in [1.82, 2.24) is 10.2 Å². The highest BCUT2D eigenvalue weighted by molar-refractivity contribution is 5.85. The van der Waals surface area contributed by atoms with Gasteiger partial charge in [0.05, 0.1) is 6.42 Å². The van der Waals surface area contributed by atoms with Gasteiger partial charge >= 0.3 is 0 Å². The van der Waals surface area contributed by atoms with Crippen molar-refractivity contribution in [2.45, 2.75) is 45.1 Å². The number of halogens is 1. The molecule has 1 aromatic carbocycles. The second-order valence-electron chi connectivity index (χ2n) is 5.70. The van der Waals surface area contributed by atoms with Crippen molar-refractivity contribution in [2.24, 2.45) is 0 Å². The average molecular weight is 311 g/mol. The fraction of sp³-hybridized carbons (Fsp3) is 0.588. The van der Waals surface area contributed by atoms with E-state index in [1.54, 1.807) is 0 Å². The van der Waals surface area contributed by atoms with Crippen LogP contribution in [0.25, 0.3) is 0 Å². The normalized spacial score (nSPS) is 16.2. The summed E-state index contributed by atoms with van der Waals surface area (Å²) in [6.07, 6.45) is 5.21. The molecule has 3 nitrogen and oxygen atoms in total. The van der Waals surface area contributed by atoms with Crippen molar-refractivity contribution in [1.29, 1.82) is 0 Å². The number of nitrogens with zero attached hydrogens (tertiary/aromatic N) is 1. The van der Waals surface area contributed by atoms with Crippen LogP contribution in [0.2, 0.25) is 0 Å². The summed E-state index contributed by atoms with van der Waals surface area (Å²) in [6.45, 7) is 5.68. The zero-order valence-corrected chi connectivity index (χ0v) is 13.7. The van der Waals surface area contributed by atoms with Gasteiger partial charge < -0.3 is 10.2 Å². The number of carbonyl (C=O) groups is 1. The summed E-state index contributed by atoms with van der Waals surface area (Å²) in [6, 6.07) is 10.3. The van der Waals surface area contributed by atoms with E-state index >= 15 is 0 Å². The molecule has 0 radical (unpaired) electrons. The Labute approximate surface area is 134 Å². The van der Waals surface area contributed by atoms with E-state index in [1.165, 1.54) is 19.4 Å². The molecule has 1 aromatic rings. The van der Waals surface area contributed by atoms with Crippen LogP contribution >= 0.6 is 12.4 Å². The lowest BCUT2D eigenvalue weighted by atomic mass is 10.0. The van der Waals surface area contributed by atoms with Crippen LogP contribution in [0.5, 0.6) is 0 Å². The van der Waals surface area contributed by atoms with E-state index in [2.05, 4.69) is 17.1 Å². The molecule has 0 bridgehead atoms. The Bertz CT molecular complexity index is 403. The molecular formula is C17H27ClN2O. The zero-order valence-electron chi connectivity index (χ0n) is 12.9. The van der Waals surface area contributed by atoms with E-state index in [9.17, 15) is 4.79 Å². The summed E-state index contributed by atoms with van der Waals surface area (Å²) < 4.78 is 0. The average Bonchev–Trinajstić information content (AvgIpc) is 2.47. The second kappa shape index (κ2) is 9.80. The van der Waals surface area contributed by atoms with Crippen LogP contribution in [0, 0.1) is 0 Å². The van der Waals surface area contributed by atoms with E-state index in [1.807, 2.05) is 30.3 Å². The molecule has 1 amide bonds. The van der Waals surface area contributed by atoms with Crippen LogP contribution in [0.1, 0.15) is 38.2 Å². The number of carbonyl (C=O) groups excluding carboxylic acids is 1. The fourth-order valence-electron chi connectivity index (χ4n) is 2.74. The molecule has 1 aliphatic rings. The molecule has 1 saturated heterocycles. The molecule has 1 aliphatic heterocycles. The van der Waals surface area contributed by atoms with Crippen LogP contribution in [-0.4, -0.2) is 36.5 Å². The molecule has 118 valence electrons. The Morgan fingerprint density at radius 2 is 1.90 bits per heavy atom. The van der Waals surface area contributed by atoms with Crippen LogP contribution in [-0.2, 0) is 11.2 Å². The van der Waals surface area contributed by atoms with Crippen LogP contribution in [0.15, 0.2) is 30.3 Å². The van der Waals surface area contributed by atoms with Gasteiger partial charge in [0, 0.05) is 19.1 Å². The van der Waals surface area contributed by atoms with E-state index in [-0.39, 0.29) is 18.3 Å². The molecule has 1 N–H and O–H groups in total. The number of hydrogen-bond donors (Lipinski definition) is 1. The van der Waals surface area contributed by atoms with E-state index in [0.29, 0.717) is 12.5 Å². The Morgan fingerprint density at radius 1 is 1.24 bits per heavy atom. The maximum Gasteiger partial charge on any atom is 0.224 e. The quantitative estimate of drug-likeness (QED) is 0.876. The minimum atomic E-state index is 0. The van der Waals surface area contributed by atoms with Gasteiger partial charge in [-0.3, -0.25) is 4.79 Å². The van der Waals surface area contributed by atoms with Crippen molar-refractivity contribution in [3.05, 3.63) is 35.9 Å². The predicted molar refractivity (Wildman–Crippen MR) is 89.9 cm³/mol. The number of unbranched alkanes of at least 4 members (excludes halogenated alkanes) is 1. The van der Waals surface area contributed by atoms with Crippen molar-refractivity contribution >= 4 is 18.3 Å². The summed E-state index contributed by atoms with van der Waals surface area (Å²) in [7, 11) is 0. The lowest BCUT2D eigenvalue weighted by molar-refractivity contribution is -0.121. The van der Waals surface area contributed by atoms with Gasteiger partial charge in [-0.1, -0.05) is 43.7 Å². The third-order valence-electron chi connectivity index (χ3n) is 3.99. The molecule has 0 atom stereocenters. The molecule has 0 unspecified atom stereocenters. The molecule has 0 aliphatic carbocycles. The van der Waals surface area contributed by atoms with Crippen molar-refractivity contribution < 1.29 is 4.79 Å². The van der Waals surface area contributed by atoms with Crippen LogP contribution in [0.4, 0.5) is 0 Å². The smallest absolute Gasteiger partial charge is 0.224 e. The van der Waals surface area contributed by atoms with Crippen LogP contribution < -0.4 is 5.32 Å². The zero-order chi connectivity index (χ0) is 14.2. The number of benzene rings is 1. The largest absolute Gasteiger partial charge is 0.353 e. The Morgan fingerprint density at radius 3 is 2.52 bits per heavy atom. The number of amides is 1. The molecular weight excluding hydrogens is 284 g/mol. The topological polar surface area (TPSA) is 32.3 Å². The van der Waals surface area contributed by atoms with E-state index < -0.39 is 0 Å². The Hall–Kier alpha value is -1.06. The van der Waals surface area contributed by atoms with Gasteiger partial charge in [0.2, 0.25) is 5.91 Å². The highest BCUT2D eigenvalue weighted by Crippen LogP contribution is 2.11. The number of hydrogen-bond acceptors (Lipinski definition) is 2. The molecule has 0 aromatic heterocycles. The van der Waals surface area contributed by atoms with E-state index in [0.717, 1.165) is 31.5 Å². The van der Waals surface area contributed by atoms with Crippen molar-refractivity contribution in [3.8, 4) is 0 Å². The highest BCUT2D eigenvalue weighted by atomic mass is 35.5. The van der Waals surface area contributed by atoms with Gasteiger partial charge in [0.25, 0.3) is 0 Å². The second-order valence-corrected chi connectivity index (χ2v) is 5.70. The monoisotopic (exact) mass is 310 g/mol. The van der Waals surface area contributed by atoms with Crippen LogP contribution in [0.3, 0.4) is 0 Å². The van der Waals surface area contributed by atoms with Gasteiger partial charge in [0.1, 0.15) is 0 Å². The first-order valence-electron chi connectivity index (χ1n) is 7.83. The van der Waals surface area contributed by atoms with Gasteiger partial charge in [-0.2, -0.15) is 0 Å². The maximum absolute atomic E-state index is 12.0. The SMILES string of the molecule is CCCCN1CCC(NC(=O)Cc2ccccc2)CC1.Cl. The van der Waals surface area contributed by atoms with Gasteiger partial charge in [-0.25, -0.2) is 0 Å². The summed E-state index contributed by atoms with van der Waals surface area (Å²) in [4.78, 5) is 14.5. The molecule has 1 heterocycles. The molecule has 0 saturated carbocycles. The standard InChI is InChI=1S/C17H26N2O.ClH/c1-2-3-11-19-12-9-16(10-13-19)18-17(20)14-15-7-5-4-6-8-15;/h4-8,16H,2-3,9-14H2,1H3,(H,18,20);1H. The molecule has 1 fully saturated rings. The summed E-state index contributed by atoms with van der Waals surface area (Å²) in [5, 5.41) is 3.18. The number of nitrogens with one attached hydrogen (secondary N) is 1. The first kappa shape index (κ1) is 18.0. The minimum Gasteiger partial charge on any atom is -0.353 e. The summed E-state index contributed by atoms with van der Waals surface area (Å²) >= 11 is 0. The number of piperidine rings is 1. The molecule has 0 spiro atoms.